The van der Waals surface area contributed by atoms with E-state index in [-0.39, 0.29) is 33.9 Å². The molecule has 0 aliphatic heterocycles. The van der Waals surface area contributed by atoms with Gasteiger partial charge in [-0.3, -0.25) is 18.7 Å². The van der Waals surface area contributed by atoms with Crippen LogP contribution >= 0.6 is 11.3 Å². The third kappa shape index (κ3) is 4.09. The van der Waals surface area contributed by atoms with Crippen molar-refractivity contribution in [2.24, 2.45) is 14.1 Å². The highest BCUT2D eigenvalue weighted by Gasteiger charge is 2.30. The lowest BCUT2D eigenvalue weighted by Gasteiger charge is -2.07. The van der Waals surface area contributed by atoms with Gasteiger partial charge in [0.05, 0.1) is 17.7 Å². The molecule has 33 heavy (non-hydrogen) atoms. The Balaban J connectivity index is 1.59. The molecular formula is C21H17F3N4O4S. The van der Waals surface area contributed by atoms with E-state index in [1.807, 2.05) is 0 Å². The number of nitrogens with one attached hydrogen (secondary N) is 1. The number of carbonyl (C=O) groups is 1. The largest absolute Gasteiger partial charge is 0.444 e. The summed E-state index contributed by atoms with van der Waals surface area (Å²) in [5, 5.41) is 4.46. The zero-order valence-electron chi connectivity index (χ0n) is 17.6. The standard InChI is InChI=1S/C21H17F3N4O4S/c1-10-13(16-17(30)27(2)20(31)28(3)18(16)32-10)8-15(29)26-19-25-14(9-33-19)11-5-4-6-12(7-11)21(22,23)24/h4-7,9H,8H2,1-3H3,(H,25,26,29). The molecule has 8 nitrogen and oxygen atoms in total. The number of hydrogen-bond donors (Lipinski definition) is 1. The minimum Gasteiger partial charge on any atom is -0.444 e. The van der Waals surface area contributed by atoms with Crippen molar-refractivity contribution in [3.8, 4) is 11.3 Å². The summed E-state index contributed by atoms with van der Waals surface area (Å²) in [6.07, 6.45) is -4.69. The van der Waals surface area contributed by atoms with Crippen LogP contribution in [0.15, 0.2) is 43.7 Å². The minimum atomic E-state index is -4.48. The van der Waals surface area contributed by atoms with Crippen LogP contribution in [0.5, 0.6) is 0 Å². The molecule has 4 rings (SSSR count). The molecule has 0 unspecified atom stereocenters. The van der Waals surface area contributed by atoms with Crippen LogP contribution in [0.3, 0.4) is 0 Å². The number of amides is 1. The lowest BCUT2D eigenvalue weighted by Crippen LogP contribution is -2.36. The van der Waals surface area contributed by atoms with Gasteiger partial charge in [-0.15, -0.1) is 11.3 Å². The van der Waals surface area contributed by atoms with E-state index in [0.29, 0.717) is 11.3 Å². The number of aromatic nitrogens is 3. The fourth-order valence-corrected chi connectivity index (χ4v) is 4.18. The summed E-state index contributed by atoms with van der Waals surface area (Å²) < 4.78 is 46.6. The summed E-state index contributed by atoms with van der Waals surface area (Å²) in [4.78, 5) is 41.5. The number of alkyl halides is 3. The van der Waals surface area contributed by atoms with Gasteiger partial charge in [0.1, 0.15) is 11.1 Å². The van der Waals surface area contributed by atoms with E-state index in [1.54, 1.807) is 6.92 Å². The van der Waals surface area contributed by atoms with Crippen LogP contribution in [-0.2, 0) is 31.5 Å². The number of hydrogen-bond acceptors (Lipinski definition) is 6. The van der Waals surface area contributed by atoms with E-state index in [4.69, 9.17) is 4.42 Å². The molecule has 3 aromatic heterocycles. The van der Waals surface area contributed by atoms with Crippen molar-refractivity contribution in [1.82, 2.24) is 14.1 Å². The number of anilines is 1. The quantitative estimate of drug-likeness (QED) is 0.484. The molecule has 0 fully saturated rings. The zero-order chi connectivity index (χ0) is 24.1. The number of aryl methyl sites for hydroxylation is 2. The first kappa shape index (κ1) is 22.5. The SMILES string of the molecule is Cc1oc2c(c1CC(=O)Nc1nc(-c3cccc(C(F)(F)F)c3)cs1)c(=O)n(C)c(=O)n2C. The van der Waals surface area contributed by atoms with E-state index < -0.39 is 28.9 Å². The number of furan rings is 1. The Morgan fingerprint density at radius 1 is 1.21 bits per heavy atom. The number of benzene rings is 1. The fourth-order valence-electron chi connectivity index (χ4n) is 3.44. The number of halogens is 3. The Hall–Kier alpha value is -3.67. The fraction of sp³-hybridized carbons (Fsp3) is 0.238. The van der Waals surface area contributed by atoms with Gasteiger partial charge in [0.15, 0.2) is 5.13 Å². The Morgan fingerprint density at radius 3 is 2.64 bits per heavy atom. The van der Waals surface area contributed by atoms with Crippen LogP contribution in [0, 0.1) is 6.92 Å². The van der Waals surface area contributed by atoms with E-state index in [2.05, 4.69) is 10.3 Å². The highest BCUT2D eigenvalue weighted by atomic mass is 32.1. The first-order valence-electron chi connectivity index (χ1n) is 9.58. The minimum absolute atomic E-state index is 0.0736. The number of nitrogens with zero attached hydrogens (tertiary/aromatic N) is 3. The van der Waals surface area contributed by atoms with E-state index in [1.165, 1.54) is 36.2 Å². The predicted octanol–water partition coefficient (Wildman–Crippen LogP) is 3.46. The van der Waals surface area contributed by atoms with Crippen LogP contribution < -0.4 is 16.6 Å². The van der Waals surface area contributed by atoms with Crippen molar-refractivity contribution < 1.29 is 22.4 Å². The number of carbonyl (C=O) groups excluding carboxylic acids is 1. The summed E-state index contributed by atoms with van der Waals surface area (Å²) in [5.74, 6) is -0.177. The third-order valence-corrected chi connectivity index (χ3v) is 5.92. The number of rotatable bonds is 4. The average molecular weight is 478 g/mol. The highest BCUT2D eigenvalue weighted by Crippen LogP contribution is 2.33. The van der Waals surface area contributed by atoms with E-state index >= 15 is 0 Å². The van der Waals surface area contributed by atoms with Crippen molar-refractivity contribution >= 4 is 33.5 Å². The van der Waals surface area contributed by atoms with Gasteiger partial charge >= 0.3 is 11.9 Å². The van der Waals surface area contributed by atoms with Crippen molar-refractivity contribution in [3.63, 3.8) is 0 Å². The van der Waals surface area contributed by atoms with Crippen molar-refractivity contribution in [3.05, 3.63) is 67.4 Å². The average Bonchev–Trinajstić information content (AvgIpc) is 3.35. The zero-order valence-corrected chi connectivity index (χ0v) is 18.4. The molecule has 0 aliphatic rings. The van der Waals surface area contributed by atoms with Crippen LogP contribution in [-0.4, -0.2) is 20.0 Å². The molecule has 0 spiro atoms. The molecule has 3 heterocycles. The number of fused-ring (bicyclic) bond motifs is 1. The van der Waals surface area contributed by atoms with Crippen molar-refractivity contribution in [2.45, 2.75) is 19.5 Å². The second kappa shape index (κ2) is 8.03. The molecular weight excluding hydrogens is 461 g/mol. The summed E-state index contributed by atoms with van der Waals surface area (Å²) >= 11 is 1.06. The Morgan fingerprint density at radius 2 is 1.94 bits per heavy atom. The van der Waals surface area contributed by atoms with Crippen LogP contribution in [0.2, 0.25) is 0 Å². The Kier molecular flexibility index (Phi) is 5.48. The van der Waals surface area contributed by atoms with Gasteiger partial charge in [-0.25, -0.2) is 9.78 Å². The van der Waals surface area contributed by atoms with Crippen LogP contribution in [0.25, 0.3) is 22.4 Å². The smallest absolute Gasteiger partial charge is 0.416 e. The van der Waals surface area contributed by atoms with Crippen molar-refractivity contribution in [1.29, 1.82) is 0 Å². The van der Waals surface area contributed by atoms with E-state index in [0.717, 1.165) is 28.0 Å². The summed E-state index contributed by atoms with van der Waals surface area (Å²) in [6.45, 7) is 1.58. The molecule has 1 N–H and O–H groups in total. The molecule has 12 heteroatoms. The second-order valence-electron chi connectivity index (χ2n) is 7.36. The summed E-state index contributed by atoms with van der Waals surface area (Å²) in [7, 11) is 2.79. The molecule has 172 valence electrons. The molecule has 0 bridgehead atoms. The Bertz CT molecular complexity index is 1510. The molecule has 1 aromatic carbocycles. The Labute approximate surface area is 187 Å². The number of thiazole rings is 1. The topological polar surface area (TPSA) is 99.1 Å². The van der Waals surface area contributed by atoms with E-state index in [9.17, 15) is 27.6 Å². The normalized spacial score (nSPS) is 11.8. The van der Waals surface area contributed by atoms with Gasteiger partial charge in [-0.1, -0.05) is 12.1 Å². The van der Waals surface area contributed by atoms with Crippen LogP contribution in [0.1, 0.15) is 16.9 Å². The lowest BCUT2D eigenvalue weighted by atomic mass is 10.1. The lowest BCUT2D eigenvalue weighted by molar-refractivity contribution is -0.137. The van der Waals surface area contributed by atoms with Gasteiger partial charge in [-0.2, -0.15) is 13.2 Å². The van der Waals surface area contributed by atoms with Gasteiger partial charge in [0.2, 0.25) is 11.6 Å². The maximum atomic E-state index is 13.0. The molecule has 0 radical (unpaired) electrons. The van der Waals surface area contributed by atoms with Crippen molar-refractivity contribution in [2.75, 3.05) is 5.32 Å². The maximum Gasteiger partial charge on any atom is 0.416 e. The predicted molar refractivity (Wildman–Crippen MR) is 116 cm³/mol. The molecule has 0 saturated carbocycles. The van der Waals surface area contributed by atoms with Gasteiger partial charge in [0.25, 0.3) is 5.56 Å². The molecule has 0 atom stereocenters. The molecule has 1 amide bonds. The van der Waals surface area contributed by atoms with Gasteiger partial charge in [-0.05, 0) is 19.1 Å². The van der Waals surface area contributed by atoms with Gasteiger partial charge < -0.3 is 9.73 Å². The molecule has 4 aromatic rings. The van der Waals surface area contributed by atoms with Crippen LogP contribution in [0.4, 0.5) is 18.3 Å². The second-order valence-corrected chi connectivity index (χ2v) is 8.22. The monoisotopic (exact) mass is 478 g/mol. The first-order valence-corrected chi connectivity index (χ1v) is 10.5. The van der Waals surface area contributed by atoms with Gasteiger partial charge in [0, 0.05) is 30.6 Å². The summed E-state index contributed by atoms with van der Waals surface area (Å²) in [6, 6.07) is 4.74. The summed E-state index contributed by atoms with van der Waals surface area (Å²) in [5.41, 5.74) is -0.955. The first-order chi connectivity index (χ1) is 15.5. The third-order valence-electron chi connectivity index (χ3n) is 5.16. The molecule has 0 aliphatic carbocycles. The highest BCUT2D eigenvalue weighted by molar-refractivity contribution is 7.14. The maximum absolute atomic E-state index is 13.0. The molecule has 0 saturated heterocycles.